The zero-order chi connectivity index (χ0) is 28.6. The first-order valence-corrected chi connectivity index (χ1v) is 14.8. The first-order valence-electron chi connectivity index (χ1n) is 14.0. The Morgan fingerprint density at radius 2 is 1.75 bits per heavy atom. The molecule has 0 radical (unpaired) electrons. The first-order chi connectivity index (χ1) is 19.3. The zero-order valence-corrected chi connectivity index (χ0v) is 24.8. The molecule has 0 aromatic heterocycles. The molecule has 2 aliphatic rings. The Morgan fingerprint density at radius 3 is 2.42 bits per heavy atom. The molecule has 216 valence electrons. The average Bonchev–Trinajstić information content (AvgIpc) is 2.98. The summed E-state index contributed by atoms with van der Waals surface area (Å²) < 4.78 is 0. The average molecular weight is 589 g/mol. The van der Waals surface area contributed by atoms with Gasteiger partial charge in [0.05, 0.1) is 10.0 Å². The van der Waals surface area contributed by atoms with Crippen molar-refractivity contribution in [3.63, 3.8) is 0 Å². The van der Waals surface area contributed by atoms with Gasteiger partial charge in [-0.25, -0.2) is 4.79 Å². The summed E-state index contributed by atoms with van der Waals surface area (Å²) in [5.74, 6) is -0.0621. The number of hydrogen-bond donors (Lipinski definition) is 1. The van der Waals surface area contributed by atoms with E-state index in [4.69, 9.17) is 23.2 Å². The Kier molecular flexibility index (Phi) is 10.7. The van der Waals surface area contributed by atoms with E-state index in [0.29, 0.717) is 28.7 Å². The summed E-state index contributed by atoms with van der Waals surface area (Å²) in [6, 6.07) is 15.2. The standard InChI is InChI=1S/C30H39Cl2N5O3/c1-33-28(38)21-36-14-6-15-37(30(36)40)25-12-17-35(18-13-25)16-11-24(23-9-10-26(31)27(32)19-23)20-34(2)29(39)22-7-4-3-5-8-22/h3-5,7-10,19,24-25H,6,11-18,20-21H2,1-2H3,(H,33,38)/t24-/m1/s1. The minimum atomic E-state index is -0.141. The lowest BCUT2D eigenvalue weighted by Crippen LogP contribution is -2.57. The Balaban J connectivity index is 1.35. The molecule has 1 N–H and O–H groups in total. The second kappa shape index (κ2) is 14.2. The number of likely N-dealkylation sites (N-methyl/N-ethyl adjacent to an activating group) is 2. The Bertz CT molecular complexity index is 1170. The zero-order valence-electron chi connectivity index (χ0n) is 23.3. The third-order valence-electron chi connectivity index (χ3n) is 8.02. The number of nitrogens with one attached hydrogen (secondary N) is 1. The van der Waals surface area contributed by atoms with Crippen LogP contribution in [0, 0.1) is 0 Å². The van der Waals surface area contributed by atoms with Crippen molar-refractivity contribution >= 4 is 41.0 Å². The largest absolute Gasteiger partial charge is 0.358 e. The maximum absolute atomic E-state index is 13.1. The van der Waals surface area contributed by atoms with Crippen LogP contribution in [0.2, 0.25) is 10.0 Å². The lowest BCUT2D eigenvalue weighted by atomic mass is 9.93. The number of benzene rings is 2. The van der Waals surface area contributed by atoms with Gasteiger partial charge in [0.15, 0.2) is 0 Å². The molecule has 2 heterocycles. The van der Waals surface area contributed by atoms with Crippen molar-refractivity contribution in [2.75, 3.05) is 59.9 Å². The molecule has 0 spiro atoms. The van der Waals surface area contributed by atoms with E-state index in [1.165, 1.54) is 0 Å². The molecule has 2 fully saturated rings. The van der Waals surface area contributed by atoms with Crippen molar-refractivity contribution in [3.8, 4) is 0 Å². The highest BCUT2D eigenvalue weighted by atomic mass is 35.5. The summed E-state index contributed by atoms with van der Waals surface area (Å²) in [6.07, 6.45) is 3.55. The minimum absolute atomic E-state index is 0.0110. The number of piperidine rings is 1. The maximum Gasteiger partial charge on any atom is 0.320 e. The molecular formula is C30H39Cl2N5O3. The van der Waals surface area contributed by atoms with Crippen LogP contribution in [0.5, 0.6) is 0 Å². The summed E-state index contributed by atoms with van der Waals surface area (Å²) in [7, 11) is 3.43. The van der Waals surface area contributed by atoms with Crippen LogP contribution in [0.25, 0.3) is 0 Å². The number of nitrogens with zero attached hydrogens (tertiary/aromatic N) is 4. The summed E-state index contributed by atoms with van der Waals surface area (Å²) in [4.78, 5) is 45.8. The van der Waals surface area contributed by atoms with Crippen molar-refractivity contribution in [3.05, 3.63) is 69.7 Å². The summed E-state index contributed by atoms with van der Waals surface area (Å²) >= 11 is 12.6. The number of rotatable bonds is 10. The van der Waals surface area contributed by atoms with Gasteiger partial charge in [-0.2, -0.15) is 0 Å². The second-order valence-electron chi connectivity index (χ2n) is 10.7. The summed E-state index contributed by atoms with van der Waals surface area (Å²) in [5, 5.41) is 3.63. The topological polar surface area (TPSA) is 76.2 Å². The van der Waals surface area contributed by atoms with Gasteiger partial charge in [-0.3, -0.25) is 9.59 Å². The van der Waals surface area contributed by atoms with Crippen LogP contribution in [0.3, 0.4) is 0 Å². The Morgan fingerprint density at radius 1 is 1.02 bits per heavy atom. The predicted molar refractivity (Wildman–Crippen MR) is 159 cm³/mol. The van der Waals surface area contributed by atoms with Crippen LogP contribution >= 0.6 is 23.2 Å². The number of halogens is 2. The molecule has 0 bridgehead atoms. The summed E-state index contributed by atoms with van der Waals surface area (Å²) in [5.41, 5.74) is 1.73. The smallest absolute Gasteiger partial charge is 0.320 e. The molecule has 0 saturated carbocycles. The normalized spacial score (nSPS) is 17.6. The van der Waals surface area contributed by atoms with E-state index in [1.54, 1.807) is 16.8 Å². The number of carbonyl (C=O) groups is 3. The SMILES string of the molecule is CNC(=O)CN1CCCN(C2CCN(CC[C@H](CN(C)C(=O)c3ccccc3)c3ccc(Cl)c(Cl)c3)CC2)C1=O. The molecule has 2 aromatic rings. The van der Waals surface area contributed by atoms with Gasteiger partial charge in [0.2, 0.25) is 5.91 Å². The Labute approximate surface area is 247 Å². The van der Waals surface area contributed by atoms with E-state index >= 15 is 0 Å². The lowest BCUT2D eigenvalue weighted by Gasteiger charge is -2.43. The molecule has 2 aromatic carbocycles. The molecule has 0 unspecified atom stereocenters. The molecule has 2 saturated heterocycles. The van der Waals surface area contributed by atoms with Crippen LogP contribution in [0.15, 0.2) is 48.5 Å². The van der Waals surface area contributed by atoms with Gasteiger partial charge in [-0.1, -0.05) is 47.5 Å². The number of likely N-dealkylation sites (tertiary alicyclic amines) is 1. The first kappa shape index (κ1) is 30.2. The fraction of sp³-hybridized carbons (Fsp3) is 0.500. The lowest BCUT2D eigenvalue weighted by molar-refractivity contribution is -0.121. The van der Waals surface area contributed by atoms with Crippen molar-refractivity contribution < 1.29 is 14.4 Å². The molecule has 0 aliphatic carbocycles. The van der Waals surface area contributed by atoms with Crippen LogP contribution in [0.4, 0.5) is 4.79 Å². The highest BCUT2D eigenvalue weighted by molar-refractivity contribution is 6.42. The highest BCUT2D eigenvalue weighted by Crippen LogP contribution is 2.30. The van der Waals surface area contributed by atoms with Crippen LogP contribution < -0.4 is 5.32 Å². The predicted octanol–water partition coefficient (Wildman–Crippen LogP) is 4.58. The van der Waals surface area contributed by atoms with E-state index < -0.39 is 0 Å². The van der Waals surface area contributed by atoms with Gasteiger partial charge in [0.1, 0.15) is 6.54 Å². The maximum atomic E-state index is 13.1. The van der Waals surface area contributed by atoms with Crippen molar-refractivity contribution in [1.82, 2.24) is 24.9 Å². The minimum Gasteiger partial charge on any atom is -0.358 e. The number of hydrogen-bond acceptors (Lipinski definition) is 4. The van der Waals surface area contributed by atoms with Gasteiger partial charge in [0.25, 0.3) is 5.91 Å². The molecule has 1 atom stereocenters. The van der Waals surface area contributed by atoms with E-state index in [2.05, 4.69) is 10.2 Å². The number of carbonyl (C=O) groups excluding carboxylic acids is 3. The van der Waals surface area contributed by atoms with Crippen molar-refractivity contribution in [2.24, 2.45) is 0 Å². The highest BCUT2D eigenvalue weighted by Gasteiger charge is 2.34. The van der Waals surface area contributed by atoms with Crippen molar-refractivity contribution in [1.29, 1.82) is 0 Å². The van der Waals surface area contributed by atoms with Crippen LogP contribution in [-0.2, 0) is 4.79 Å². The van der Waals surface area contributed by atoms with Crippen LogP contribution in [-0.4, -0.2) is 103 Å². The molecule has 8 nitrogen and oxygen atoms in total. The molecule has 4 rings (SSSR count). The van der Waals surface area contributed by atoms with Gasteiger partial charge in [-0.15, -0.1) is 0 Å². The molecule has 2 aliphatic heterocycles. The molecule has 4 amide bonds. The van der Waals surface area contributed by atoms with Crippen molar-refractivity contribution in [2.45, 2.75) is 37.6 Å². The molecule has 40 heavy (non-hydrogen) atoms. The quantitative estimate of drug-likeness (QED) is 0.441. The summed E-state index contributed by atoms with van der Waals surface area (Å²) in [6.45, 7) is 4.72. The number of amides is 4. The third kappa shape index (κ3) is 7.68. The van der Waals surface area contributed by atoms with Gasteiger partial charge < -0.3 is 24.9 Å². The van der Waals surface area contributed by atoms with Gasteiger partial charge in [0, 0.05) is 64.3 Å². The van der Waals surface area contributed by atoms with Crippen LogP contribution in [0.1, 0.15) is 47.5 Å². The monoisotopic (exact) mass is 587 g/mol. The van der Waals surface area contributed by atoms with Gasteiger partial charge in [-0.05, 0) is 62.1 Å². The molecular weight excluding hydrogens is 549 g/mol. The fourth-order valence-electron chi connectivity index (χ4n) is 5.68. The Hall–Kier alpha value is -2.81. The van der Waals surface area contributed by atoms with E-state index in [0.717, 1.165) is 57.4 Å². The van der Waals surface area contributed by atoms with E-state index in [9.17, 15) is 14.4 Å². The van der Waals surface area contributed by atoms with Gasteiger partial charge >= 0.3 is 6.03 Å². The van der Waals surface area contributed by atoms with E-state index in [-0.39, 0.29) is 36.3 Å². The van der Waals surface area contributed by atoms with E-state index in [1.807, 2.05) is 60.5 Å². The number of urea groups is 1. The third-order valence-corrected chi connectivity index (χ3v) is 8.76. The fourth-order valence-corrected chi connectivity index (χ4v) is 5.99. The second-order valence-corrected chi connectivity index (χ2v) is 11.5. The molecule has 10 heteroatoms.